The highest BCUT2D eigenvalue weighted by molar-refractivity contribution is 5.80. The first-order valence-corrected chi connectivity index (χ1v) is 7.89. The minimum Gasteiger partial charge on any atom is -0.381 e. The molecule has 0 saturated carbocycles. The lowest BCUT2D eigenvalue weighted by molar-refractivity contribution is -0.384. The minimum atomic E-state index is -0.385. The van der Waals surface area contributed by atoms with Gasteiger partial charge in [-0.15, -0.1) is 0 Å². The van der Waals surface area contributed by atoms with Gasteiger partial charge < -0.3 is 15.0 Å². The first-order valence-electron chi connectivity index (χ1n) is 7.89. The number of hydrogen-bond donors (Lipinski definition) is 1. The summed E-state index contributed by atoms with van der Waals surface area (Å²) in [5, 5.41) is 14.0. The summed E-state index contributed by atoms with van der Waals surface area (Å²) >= 11 is 0. The number of nitro benzene ring substituents is 1. The van der Waals surface area contributed by atoms with Gasteiger partial charge in [-0.1, -0.05) is 12.1 Å². The second kappa shape index (κ2) is 6.54. The van der Waals surface area contributed by atoms with E-state index in [2.05, 4.69) is 15.2 Å². The average molecular weight is 318 g/mol. The number of benzene rings is 1. The van der Waals surface area contributed by atoms with Crippen LogP contribution in [-0.4, -0.2) is 49.1 Å². The third-order valence-electron chi connectivity index (χ3n) is 4.73. The predicted octanol–water partition coefficient (Wildman–Crippen LogP) is 1.78. The number of non-ortho nitro benzene ring substituents is 1. The number of ether oxygens (including phenoxy) is 1. The van der Waals surface area contributed by atoms with E-state index in [9.17, 15) is 10.1 Å². The molecule has 3 rings (SSSR count). The van der Waals surface area contributed by atoms with Gasteiger partial charge in [0.25, 0.3) is 5.69 Å². The van der Waals surface area contributed by atoms with Crippen molar-refractivity contribution >= 4 is 11.6 Å². The van der Waals surface area contributed by atoms with Gasteiger partial charge in [-0.2, -0.15) is 0 Å². The molecule has 2 aliphatic rings. The molecule has 1 atom stereocenters. The van der Waals surface area contributed by atoms with Crippen molar-refractivity contribution in [3.8, 4) is 0 Å². The number of nitrogens with zero attached hydrogens (tertiary/aromatic N) is 3. The third kappa shape index (κ3) is 3.44. The zero-order valence-corrected chi connectivity index (χ0v) is 13.3. The Morgan fingerprint density at radius 1 is 1.43 bits per heavy atom. The van der Waals surface area contributed by atoms with E-state index in [1.165, 1.54) is 12.1 Å². The normalized spacial score (nSPS) is 24.4. The van der Waals surface area contributed by atoms with E-state index in [0.29, 0.717) is 12.0 Å². The summed E-state index contributed by atoms with van der Waals surface area (Å²) in [6.07, 6.45) is 2.27. The van der Waals surface area contributed by atoms with Gasteiger partial charge in [-0.25, -0.2) is 0 Å². The van der Waals surface area contributed by atoms with Gasteiger partial charge in [-0.05, 0) is 18.4 Å². The molecule has 7 heteroatoms. The number of aliphatic imine (C=N–C) groups is 1. The van der Waals surface area contributed by atoms with Crippen LogP contribution in [0.5, 0.6) is 0 Å². The molecule has 0 aliphatic carbocycles. The van der Waals surface area contributed by atoms with Gasteiger partial charge in [0.2, 0.25) is 0 Å². The first-order chi connectivity index (χ1) is 11.1. The Balaban J connectivity index is 1.57. The molecule has 124 valence electrons. The second-order valence-corrected chi connectivity index (χ2v) is 6.30. The lowest BCUT2D eigenvalue weighted by atomic mass is 9.87. The Hall–Kier alpha value is -2.15. The molecule has 23 heavy (non-hydrogen) atoms. The molecule has 1 N–H and O–H groups in total. The summed E-state index contributed by atoms with van der Waals surface area (Å²) in [5.74, 6) is 0.882. The molecule has 2 heterocycles. The van der Waals surface area contributed by atoms with Crippen molar-refractivity contribution in [3.63, 3.8) is 0 Å². The first kappa shape index (κ1) is 15.7. The maximum atomic E-state index is 10.7. The Labute approximate surface area is 135 Å². The monoisotopic (exact) mass is 318 g/mol. The average Bonchev–Trinajstić information content (AvgIpc) is 3.19. The van der Waals surface area contributed by atoms with Gasteiger partial charge in [0, 0.05) is 50.8 Å². The van der Waals surface area contributed by atoms with Crippen LogP contribution in [0.25, 0.3) is 0 Å². The highest BCUT2D eigenvalue weighted by atomic mass is 16.6. The van der Waals surface area contributed by atoms with Crippen molar-refractivity contribution in [1.29, 1.82) is 0 Å². The van der Waals surface area contributed by atoms with Crippen LogP contribution in [-0.2, 0) is 11.3 Å². The summed E-state index contributed by atoms with van der Waals surface area (Å²) < 4.78 is 5.56. The van der Waals surface area contributed by atoms with Gasteiger partial charge in [-0.3, -0.25) is 15.1 Å². The largest absolute Gasteiger partial charge is 0.381 e. The third-order valence-corrected chi connectivity index (χ3v) is 4.73. The number of guanidine groups is 1. The Morgan fingerprint density at radius 2 is 2.22 bits per heavy atom. The minimum absolute atomic E-state index is 0.112. The van der Waals surface area contributed by atoms with Crippen LogP contribution in [0.15, 0.2) is 29.3 Å². The van der Waals surface area contributed by atoms with Crippen molar-refractivity contribution in [2.24, 2.45) is 10.4 Å². The zero-order valence-electron chi connectivity index (χ0n) is 13.3. The van der Waals surface area contributed by atoms with E-state index in [0.717, 1.165) is 50.7 Å². The topological polar surface area (TPSA) is 80.0 Å². The van der Waals surface area contributed by atoms with Crippen LogP contribution >= 0.6 is 0 Å². The van der Waals surface area contributed by atoms with E-state index in [-0.39, 0.29) is 10.6 Å². The summed E-state index contributed by atoms with van der Waals surface area (Å²) in [4.78, 5) is 16.9. The van der Waals surface area contributed by atoms with Crippen LogP contribution < -0.4 is 5.32 Å². The highest BCUT2D eigenvalue weighted by Gasteiger charge is 2.42. The van der Waals surface area contributed by atoms with Crippen LogP contribution in [0.4, 0.5) is 5.69 Å². The summed E-state index contributed by atoms with van der Waals surface area (Å²) in [6, 6.07) is 6.60. The number of hydrogen-bond acceptors (Lipinski definition) is 4. The van der Waals surface area contributed by atoms with Crippen LogP contribution in [0, 0.1) is 15.5 Å². The van der Waals surface area contributed by atoms with Gasteiger partial charge in [0.15, 0.2) is 5.96 Å². The Kier molecular flexibility index (Phi) is 4.47. The van der Waals surface area contributed by atoms with E-state index >= 15 is 0 Å². The number of nitrogens with one attached hydrogen (secondary N) is 1. The van der Waals surface area contributed by atoms with Crippen LogP contribution in [0.2, 0.25) is 0 Å². The molecule has 0 aromatic heterocycles. The zero-order chi connectivity index (χ0) is 16.3. The Morgan fingerprint density at radius 3 is 2.83 bits per heavy atom. The molecule has 2 fully saturated rings. The fourth-order valence-corrected chi connectivity index (χ4v) is 3.34. The summed E-state index contributed by atoms with van der Waals surface area (Å²) in [5.41, 5.74) is 1.40. The van der Waals surface area contributed by atoms with Crippen molar-refractivity contribution < 1.29 is 9.66 Å². The molecule has 1 unspecified atom stereocenters. The number of nitro groups is 1. The van der Waals surface area contributed by atoms with Crippen molar-refractivity contribution in [2.45, 2.75) is 19.4 Å². The molecule has 0 radical (unpaired) electrons. The molecule has 2 aliphatic heterocycles. The van der Waals surface area contributed by atoms with Gasteiger partial charge in [0.05, 0.1) is 11.5 Å². The molecular weight excluding hydrogens is 296 g/mol. The fourth-order valence-electron chi connectivity index (χ4n) is 3.34. The molecule has 2 saturated heterocycles. The predicted molar refractivity (Wildman–Crippen MR) is 87.4 cm³/mol. The fraction of sp³-hybridized carbons (Fsp3) is 0.562. The lowest BCUT2D eigenvalue weighted by Crippen LogP contribution is -2.41. The smallest absolute Gasteiger partial charge is 0.269 e. The standard InChI is InChI=1S/C16H22N4O3/c1-17-15(19-8-6-16(11-19)7-9-23-12-16)18-10-13-2-4-14(5-3-13)20(21)22/h2-5H,6-12H2,1H3,(H,17,18). The quantitative estimate of drug-likeness (QED) is 0.398. The summed E-state index contributed by atoms with van der Waals surface area (Å²) in [7, 11) is 1.79. The molecule has 0 amide bonds. The molecule has 7 nitrogen and oxygen atoms in total. The van der Waals surface area contributed by atoms with Crippen molar-refractivity contribution in [1.82, 2.24) is 10.2 Å². The van der Waals surface area contributed by atoms with E-state index < -0.39 is 0 Å². The van der Waals surface area contributed by atoms with Gasteiger partial charge >= 0.3 is 0 Å². The maximum Gasteiger partial charge on any atom is 0.269 e. The molecule has 1 spiro atoms. The van der Waals surface area contributed by atoms with Crippen molar-refractivity contribution in [2.75, 3.05) is 33.4 Å². The van der Waals surface area contributed by atoms with E-state index in [1.54, 1.807) is 19.2 Å². The SMILES string of the molecule is CN=C(NCc1ccc([N+](=O)[O-])cc1)N1CCC2(CCOC2)C1. The lowest BCUT2D eigenvalue weighted by Gasteiger charge is -2.25. The molecule has 1 aromatic rings. The highest BCUT2D eigenvalue weighted by Crippen LogP contribution is 2.38. The Bertz CT molecular complexity index is 594. The van der Waals surface area contributed by atoms with E-state index in [1.807, 2.05) is 0 Å². The second-order valence-electron chi connectivity index (χ2n) is 6.30. The van der Waals surface area contributed by atoms with Gasteiger partial charge in [0.1, 0.15) is 0 Å². The van der Waals surface area contributed by atoms with E-state index in [4.69, 9.17) is 4.74 Å². The summed E-state index contributed by atoms with van der Waals surface area (Å²) in [6.45, 7) is 4.28. The van der Waals surface area contributed by atoms with Crippen molar-refractivity contribution in [3.05, 3.63) is 39.9 Å². The number of rotatable bonds is 3. The van der Waals surface area contributed by atoms with Crippen LogP contribution in [0.3, 0.4) is 0 Å². The molecule has 1 aromatic carbocycles. The molecule has 0 bridgehead atoms. The number of likely N-dealkylation sites (tertiary alicyclic amines) is 1. The molecular formula is C16H22N4O3. The maximum absolute atomic E-state index is 10.7. The van der Waals surface area contributed by atoms with Crippen LogP contribution in [0.1, 0.15) is 18.4 Å².